The normalized spacial score (nSPS) is 11.0. The molecule has 0 saturated heterocycles. The summed E-state index contributed by atoms with van der Waals surface area (Å²) in [6, 6.07) is 17.5. The zero-order valence-corrected chi connectivity index (χ0v) is 23.4. The van der Waals surface area contributed by atoms with E-state index in [1.807, 2.05) is 54.8 Å². The molecule has 1 amide bonds. The summed E-state index contributed by atoms with van der Waals surface area (Å²) in [6.45, 7) is 7.90. The molecule has 2 aromatic heterocycles. The number of nitrogens with one attached hydrogen (secondary N) is 1. The lowest BCUT2D eigenvalue weighted by molar-refractivity contribution is 0.0948. The summed E-state index contributed by atoms with van der Waals surface area (Å²) < 4.78 is 18.6. The van der Waals surface area contributed by atoms with Crippen LogP contribution in [0.5, 0.6) is 17.2 Å². The maximum absolute atomic E-state index is 13.0. The van der Waals surface area contributed by atoms with Gasteiger partial charge in [0.1, 0.15) is 28.9 Å². The molecule has 0 radical (unpaired) electrons. The van der Waals surface area contributed by atoms with Gasteiger partial charge < -0.3 is 24.1 Å². The average Bonchev–Trinajstić information content (AvgIpc) is 3.54. The maximum Gasteiger partial charge on any atom is 0.253 e. The molecule has 8 heteroatoms. The molecule has 4 aromatic rings. The highest BCUT2D eigenvalue weighted by molar-refractivity contribution is 7.09. The number of ether oxygens (including phenoxy) is 3. The van der Waals surface area contributed by atoms with Crippen LogP contribution in [0, 0.1) is 12.8 Å². The molecule has 0 aliphatic rings. The van der Waals surface area contributed by atoms with E-state index in [1.54, 1.807) is 25.6 Å². The number of carbonyl (C=O) groups is 1. The summed E-state index contributed by atoms with van der Waals surface area (Å²) >= 11 is 1.55. The van der Waals surface area contributed by atoms with Crippen LogP contribution >= 0.6 is 11.3 Å². The van der Waals surface area contributed by atoms with E-state index in [9.17, 15) is 4.79 Å². The van der Waals surface area contributed by atoms with Crippen LogP contribution in [-0.4, -0.2) is 36.2 Å². The minimum Gasteiger partial charge on any atom is -0.497 e. The molecule has 0 fully saturated rings. The molecule has 0 bridgehead atoms. The second-order valence-electron chi connectivity index (χ2n) is 9.47. The number of carbonyl (C=O) groups excluding carboxylic acids is 1. The van der Waals surface area contributed by atoms with Gasteiger partial charge >= 0.3 is 0 Å². The van der Waals surface area contributed by atoms with Gasteiger partial charge in [-0.15, -0.1) is 11.3 Å². The molecular formula is C30H35N3O4S. The number of methoxy groups -OCH3 is 2. The third kappa shape index (κ3) is 6.75. The van der Waals surface area contributed by atoms with Gasteiger partial charge in [-0.1, -0.05) is 26.0 Å². The number of hydrogen-bond donors (Lipinski definition) is 1. The first-order valence-electron chi connectivity index (χ1n) is 12.7. The van der Waals surface area contributed by atoms with Crippen LogP contribution in [0.3, 0.4) is 0 Å². The zero-order valence-electron chi connectivity index (χ0n) is 22.6. The third-order valence-electron chi connectivity index (χ3n) is 6.30. The highest BCUT2D eigenvalue weighted by atomic mass is 32.1. The Morgan fingerprint density at radius 1 is 1.00 bits per heavy atom. The van der Waals surface area contributed by atoms with Gasteiger partial charge in [-0.3, -0.25) is 4.79 Å². The first-order chi connectivity index (χ1) is 18.4. The molecular weight excluding hydrogens is 498 g/mol. The number of aryl methyl sites for hydroxylation is 1. The molecule has 38 heavy (non-hydrogen) atoms. The van der Waals surface area contributed by atoms with E-state index in [4.69, 9.17) is 19.2 Å². The quantitative estimate of drug-likeness (QED) is 0.237. The SMILES string of the molecule is COc1ccc(CCn2c(-c3csc(COc4ccc(OC)cc4)n3)cc(C(=O)NCC(C)C)c2C)cc1. The minimum atomic E-state index is -0.0565. The Kier molecular flexibility index (Phi) is 9.07. The van der Waals surface area contributed by atoms with Gasteiger partial charge in [0, 0.05) is 24.2 Å². The van der Waals surface area contributed by atoms with Crippen molar-refractivity contribution in [2.75, 3.05) is 20.8 Å². The van der Waals surface area contributed by atoms with E-state index < -0.39 is 0 Å². The fourth-order valence-electron chi connectivity index (χ4n) is 4.11. The summed E-state index contributed by atoms with van der Waals surface area (Å²) in [5.41, 5.74) is 4.57. The molecule has 2 aromatic carbocycles. The number of benzene rings is 2. The van der Waals surface area contributed by atoms with Crippen LogP contribution in [0.1, 0.15) is 40.5 Å². The van der Waals surface area contributed by atoms with E-state index in [0.29, 0.717) is 24.6 Å². The number of rotatable bonds is 12. The molecule has 1 N–H and O–H groups in total. The molecule has 4 rings (SSSR count). The molecule has 2 heterocycles. The fraction of sp³-hybridized carbons (Fsp3) is 0.333. The molecule has 7 nitrogen and oxygen atoms in total. The molecule has 0 atom stereocenters. The van der Waals surface area contributed by atoms with Crippen molar-refractivity contribution in [3.05, 3.63) is 81.8 Å². The summed E-state index contributed by atoms with van der Waals surface area (Å²) in [4.78, 5) is 17.9. The van der Waals surface area contributed by atoms with Crippen LogP contribution in [0.25, 0.3) is 11.4 Å². The van der Waals surface area contributed by atoms with Gasteiger partial charge in [0.05, 0.1) is 31.2 Å². The van der Waals surface area contributed by atoms with Gasteiger partial charge in [0.15, 0.2) is 0 Å². The Morgan fingerprint density at radius 2 is 1.63 bits per heavy atom. The Balaban J connectivity index is 1.55. The summed E-state index contributed by atoms with van der Waals surface area (Å²) in [6.07, 6.45) is 0.817. The molecule has 200 valence electrons. The smallest absolute Gasteiger partial charge is 0.253 e. The van der Waals surface area contributed by atoms with Crippen LogP contribution < -0.4 is 19.5 Å². The van der Waals surface area contributed by atoms with Crippen molar-refractivity contribution in [2.45, 2.75) is 40.3 Å². The van der Waals surface area contributed by atoms with Crippen molar-refractivity contribution in [1.82, 2.24) is 14.9 Å². The van der Waals surface area contributed by atoms with Crippen LogP contribution in [0.2, 0.25) is 0 Å². The van der Waals surface area contributed by atoms with Crippen molar-refractivity contribution >= 4 is 17.2 Å². The predicted octanol–water partition coefficient (Wildman–Crippen LogP) is 6.14. The largest absolute Gasteiger partial charge is 0.497 e. The van der Waals surface area contributed by atoms with Crippen LogP contribution in [0.4, 0.5) is 0 Å². The number of aromatic nitrogens is 2. The summed E-state index contributed by atoms with van der Waals surface area (Å²) in [5, 5.41) is 5.95. The third-order valence-corrected chi connectivity index (χ3v) is 7.12. The first kappa shape index (κ1) is 27.3. The van der Waals surface area contributed by atoms with E-state index in [-0.39, 0.29) is 5.91 Å². The highest BCUT2D eigenvalue weighted by Crippen LogP contribution is 2.29. The van der Waals surface area contributed by atoms with Crippen molar-refractivity contribution in [3.8, 4) is 28.6 Å². The molecule has 0 unspecified atom stereocenters. The molecule has 0 aliphatic carbocycles. The number of nitrogens with zero attached hydrogens (tertiary/aromatic N) is 2. The van der Waals surface area contributed by atoms with Crippen molar-refractivity contribution in [2.24, 2.45) is 5.92 Å². The summed E-state index contributed by atoms with van der Waals surface area (Å²) in [7, 11) is 3.31. The second kappa shape index (κ2) is 12.6. The summed E-state index contributed by atoms with van der Waals surface area (Å²) in [5.74, 6) is 2.70. The van der Waals surface area contributed by atoms with Gasteiger partial charge in [0.25, 0.3) is 5.91 Å². The Bertz CT molecular complexity index is 1340. The number of hydrogen-bond acceptors (Lipinski definition) is 6. The first-order valence-corrected chi connectivity index (χ1v) is 13.6. The standard InChI is InChI=1S/C30H35N3O4S/c1-20(2)17-31-30(34)26-16-28(33(21(26)3)15-14-22-6-8-23(35-4)9-7-22)27-19-38-29(32-27)18-37-25-12-10-24(36-5)11-13-25/h6-13,16,19-20H,14-15,17-18H2,1-5H3,(H,31,34). The second-order valence-corrected chi connectivity index (χ2v) is 10.4. The Labute approximate surface area is 228 Å². The zero-order chi connectivity index (χ0) is 27.1. The predicted molar refractivity (Wildman–Crippen MR) is 151 cm³/mol. The number of amides is 1. The van der Waals surface area contributed by atoms with E-state index in [0.717, 1.165) is 52.3 Å². The average molecular weight is 534 g/mol. The molecule has 0 spiro atoms. The lowest BCUT2D eigenvalue weighted by Crippen LogP contribution is -2.27. The lowest BCUT2D eigenvalue weighted by Gasteiger charge is -2.12. The maximum atomic E-state index is 13.0. The van der Waals surface area contributed by atoms with Crippen LogP contribution in [-0.2, 0) is 19.6 Å². The Morgan fingerprint density at radius 3 is 2.26 bits per heavy atom. The lowest BCUT2D eigenvalue weighted by atomic mass is 10.1. The van der Waals surface area contributed by atoms with Crippen molar-refractivity contribution in [3.63, 3.8) is 0 Å². The van der Waals surface area contributed by atoms with E-state index >= 15 is 0 Å². The van der Waals surface area contributed by atoms with Crippen molar-refractivity contribution < 1.29 is 19.0 Å². The van der Waals surface area contributed by atoms with Gasteiger partial charge in [-0.05, 0) is 67.3 Å². The monoisotopic (exact) mass is 533 g/mol. The molecule has 0 saturated carbocycles. The van der Waals surface area contributed by atoms with Crippen LogP contribution in [0.15, 0.2) is 60.0 Å². The minimum absolute atomic E-state index is 0.0565. The van der Waals surface area contributed by atoms with Gasteiger partial charge in [0.2, 0.25) is 0 Å². The van der Waals surface area contributed by atoms with E-state index in [2.05, 4.69) is 35.9 Å². The molecule has 0 aliphatic heterocycles. The van der Waals surface area contributed by atoms with E-state index in [1.165, 1.54) is 5.56 Å². The van der Waals surface area contributed by atoms with Gasteiger partial charge in [-0.2, -0.15) is 0 Å². The fourth-order valence-corrected chi connectivity index (χ4v) is 4.81. The Hall–Kier alpha value is -3.78. The van der Waals surface area contributed by atoms with Gasteiger partial charge in [-0.25, -0.2) is 4.98 Å². The topological polar surface area (TPSA) is 74.6 Å². The highest BCUT2D eigenvalue weighted by Gasteiger charge is 2.20. The number of thiazole rings is 1. The van der Waals surface area contributed by atoms with Crippen molar-refractivity contribution in [1.29, 1.82) is 0 Å².